The van der Waals surface area contributed by atoms with Crippen LogP contribution in [0.3, 0.4) is 0 Å². The number of para-hydroxylation sites is 1. The molecule has 0 aliphatic heterocycles. The number of carbonyl (C=O) groups excluding carboxylic acids is 1. The molecular weight excluding hydrogens is 306 g/mol. The normalized spacial score (nSPS) is 10.2. The Kier molecular flexibility index (Phi) is 6.37. The number of carbonyl (C=O) groups is 2. The molecule has 5 heteroatoms. The number of amides is 1. The summed E-state index contributed by atoms with van der Waals surface area (Å²) in [6, 6.07) is 13.8. The van der Waals surface area contributed by atoms with Gasteiger partial charge in [-0.1, -0.05) is 31.5 Å². The third-order valence-electron chi connectivity index (χ3n) is 3.49. The van der Waals surface area contributed by atoms with Crippen molar-refractivity contribution in [1.82, 2.24) is 0 Å². The summed E-state index contributed by atoms with van der Waals surface area (Å²) in [6.07, 6.45) is 1.92. The maximum absolute atomic E-state index is 12.3. The molecule has 0 aromatic heterocycles. The van der Waals surface area contributed by atoms with Crippen molar-refractivity contribution >= 4 is 17.6 Å². The Bertz CT molecular complexity index is 695. The highest BCUT2D eigenvalue weighted by Crippen LogP contribution is 2.18. The summed E-state index contributed by atoms with van der Waals surface area (Å²) in [5, 5.41) is 11.7. The van der Waals surface area contributed by atoms with Crippen LogP contribution in [0, 0.1) is 0 Å². The quantitative estimate of drug-likeness (QED) is 0.724. The Balaban J connectivity index is 2.03. The lowest BCUT2D eigenvalue weighted by atomic mass is 10.1. The first-order valence-corrected chi connectivity index (χ1v) is 7.94. The number of nitrogens with one attached hydrogen (secondary N) is 1. The molecule has 0 atom stereocenters. The van der Waals surface area contributed by atoms with E-state index in [4.69, 9.17) is 9.84 Å². The van der Waals surface area contributed by atoms with E-state index in [2.05, 4.69) is 12.2 Å². The number of rotatable bonds is 8. The molecule has 0 heterocycles. The van der Waals surface area contributed by atoms with Gasteiger partial charge in [0.15, 0.2) is 0 Å². The molecule has 2 N–H and O–H groups in total. The molecule has 2 aromatic carbocycles. The third-order valence-corrected chi connectivity index (χ3v) is 3.49. The smallest absolute Gasteiger partial charge is 0.307 e. The van der Waals surface area contributed by atoms with Crippen molar-refractivity contribution in [2.45, 2.75) is 26.2 Å². The summed E-state index contributed by atoms with van der Waals surface area (Å²) in [7, 11) is 0. The Labute approximate surface area is 141 Å². The predicted molar refractivity (Wildman–Crippen MR) is 92.6 cm³/mol. The van der Waals surface area contributed by atoms with Crippen LogP contribution in [0.15, 0.2) is 48.5 Å². The average molecular weight is 327 g/mol. The van der Waals surface area contributed by atoms with Crippen LogP contribution in [0.4, 0.5) is 5.69 Å². The van der Waals surface area contributed by atoms with Gasteiger partial charge >= 0.3 is 5.97 Å². The summed E-state index contributed by atoms with van der Waals surface area (Å²) >= 11 is 0. The number of unbranched alkanes of at least 4 members (excludes halogenated alkanes) is 1. The van der Waals surface area contributed by atoms with Gasteiger partial charge in [-0.15, -0.1) is 0 Å². The van der Waals surface area contributed by atoms with E-state index in [1.807, 2.05) is 0 Å². The van der Waals surface area contributed by atoms with Gasteiger partial charge in [0.2, 0.25) is 0 Å². The van der Waals surface area contributed by atoms with E-state index < -0.39 is 5.97 Å². The molecule has 0 unspecified atom stereocenters. The minimum atomic E-state index is -0.940. The highest BCUT2D eigenvalue weighted by atomic mass is 16.5. The number of ether oxygens (including phenoxy) is 1. The summed E-state index contributed by atoms with van der Waals surface area (Å²) in [5.74, 6) is -0.496. The van der Waals surface area contributed by atoms with Gasteiger partial charge in [0.25, 0.3) is 5.91 Å². The topological polar surface area (TPSA) is 75.6 Å². The molecule has 0 aliphatic rings. The lowest BCUT2D eigenvalue weighted by Crippen LogP contribution is -2.14. The molecule has 0 saturated carbocycles. The van der Waals surface area contributed by atoms with E-state index in [9.17, 15) is 9.59 Å². The number of benzene rings is 2. The van der Waals surface area contributed by atoms with E-state index in [0.29, 0.717) is 23.4 Å². The second-order valence-corrected chi connectivity index (χ2v) is 5.41. The standard InChI is InChI=1S/C19H21NO4/c1-2-3-12-24-16-10-8-14(9-11-16)19(23)20-17-7-5-4-6-15(17)13-18(21)22/h4-11H,2-3,12-13H2,1H3,(H,20,23)(H,21,22). The predicted octanol–water partition coefficient (Wildman–Crippen LogP) is 3.74. The Hall–Kier alpha value is -2.82. The van der Waals surface area contributed by atoms with Crippen LogP contribution < -0.4 is 10.1 Å². The molecule has 2 aromatic rings. The van der Waals surface area contributed by atoms with Crippen molar-refractivity contribution in [2.24, 2.45) is 0 Å². The molecular formula is C19H21NO4. The molecule has 1 amide bonds. The summed E-state index contributed by atoms with van der Waals surface area (Å²) in [6.45, 7) is 2.75. The number of hydrogen-bond acceptors (Lipinski definition) is 3. The monoisotopic (exact) mass is 327 g/mol. The minimum Gasteiger partial charge on any atom is -0.494 e. The van der Waals surface area contributed by atoms with E-state index in [1.54, 1.807) is 48.5 Å². The molecule has 126 valence electrons. The third kappa shape index (κ3) is 5.12. The first-order chi connectivity index (χ1) is 11.6. The van der Waals surface area contributed by atoms with Crippen molar-refractivity contribution < 1.29 is 19.4 Å². The zero-order chi connectivity index (χ0) is 17.4. The van der Waals surface area contributed by atoms with Gasteiger partial charge in [-0.25, -0.2) is 0 Å². The van der Waals surface area contributed by atoms with Gasteiger partial charge in [0.1, 0.15) is 5.75 Å². The largest absolute Gasteiger partial charge is 0.494 e. The number of carboxylic acid groups (broad SMARTS) is 1. The Morgan fingerprint density at radius 3 is 2.46 bits per heavy atom. The van der Waals surface area contributed by atoms with E-state index in [1.165, 1.54) is 0 Å². The minimum absolute atomic E-state index is 0.138. The van der Waals surface area contributed by atoms with Crippen LogP contribution in [0.25, 0.3) is 0 Å². The lowest BCUT2D eigenvalue weighted by molar-refractivity contribution is -0.136. The fourth-order valence-electron chi connectivity index (χ4n) is 2.19. The van der Waals surface area contributed by atoms with Crippen LogP contribution in [0.5, 0.6) is 5.75 Å². The molecule has 0 aliphatic carbocycles. The summed E-state index contributed by atoms with van der Waals surface area (Å²) in [5.41, 5.74) is 1.56. The van der Waals surface area contributed by atoms with E-state index in [-0.39, 0.29) is 12.3 Å². The van der Waals surface area contributed by atoms with E-state index >= 15 is 0 Å². The van der Waals surface area contributed by atoms with Gasteiger partial charge in [0.05, 0.1) is 13.0 Å². The maximum atomic E-state index is 12.3. The molecule has 0 spiro atoms. The fourth-order valence-corrected chi connectivity index (χ4v) is 2.19. The zero-order valence-corrected chi connectivity index (χ0v) is 13.6. The molecule has 5 nitrogen and oxygen atoms in total. The molecule has 0 bridgehead atoms. The van der Waals surface area contributed by atoms with Crippen LogP contribution >= 0.6 is 0 Å². The number of aliphatic carboxylic acids is 1. The highest BCUT2D eigenvalue weighted by Gasteiger charge is 2.11. The van der Waals surface area contributed by atoms with Crippen LogP contribution in [0.2, 0.25) is 0 Å². The lowest BCUT2D eigenvalue weighted by Gasteiger charge is -2.10. The summed E-state index contributed by atoms with van der Waals surface area (Å²) in [4.78, 5) is 23.2. The van der Waals surface area contributed by atoms with Crippen molar-refractivity contribution in [3.05, 3.63) is 59.7 Å². The number of carboxylic acids is 1. The summed E-state index contributed by atoms with van der Waals surface area (Å²) < 4.78 is 5.57. The molecule has 0 radical (unpaired) electrons. The zero-order valence-electron chi connectivity index (χ0n) is 13.6. The molecule has 24 heavy (non-hydrogen) atoms. The van der Waals surface area contributed by atoms with Gasteiger partial charge in [-0.2, -0.15) is 0 Å². The van der Waals surface area contributed by atoms with E-state index in [0.717, 1.165) is 18.6 Å². The maximum Gasteiger partial charge on any atom is 0.307 e. The van der Waals surface area contributed by atoms with Gasteiger partial charge in [-0.3, -0.25) is 9.59 Å². The first kappa shape index (κ1) is 17.5. The fraction of sp³-hybridized carbons (Fsp3) is 0.263. The van der Waals surface area contributed by atoms with Crippen molar-refractivity contribution in [2.75, 3.05) is 11.9 Å². The Morgan fingerprint density at radius 1 is 1.08 bits per heavy atom. The second kappa shape index (κ2) is 8.72. The van der Waals surface area contributed by atoms with Crippen LogP contribution in [-0.2, 0) is 11.2 Å². The molecule has 0 fully saturated rings. The van der Waals surface area contributed by atoms with Gasteiger partial charge in [0, 0.05) is 11.3 Å². The SMILES string of the molecule is CCCCOc1ccc(C(=O)Nc2ccccc2CC(=O)O)cc1. The second-order valence-electron chi connectivity index (χ2n) is 5.41. The number of hydrogen-bond donors (Lipinski definition) is 2. The molecule has 0 saturated heterocycles. The van der Waals surface area contributed by atoms with Crippen molar-refractivity contribution in [1.29, 1.82) is 0 Å². The van der Waals surface area contributed by atoms with Crippen molar-refractivity contribution in [3.63, 3.8) is 0 Å². The van der Waals surface area contributed by atoms with Gasteiger partial charge < -0.3 is 15.2 Å². The van der Waals surface area contributed by atoms with Crippen LogP contribution in [-0.4, -0.2) is 23.6 Å². The van der Waals surface area contributed by atoms with Crippen LogP contribution in [0.1, 0.15) is 35.7 Å². The highest BCUT2D eigenvalue weighted by molar-refractivity contribution is 6.04. The first-order valence-electron chi connectivity index (χ1n) is 7.94. The molecule has 2 rings (SSSR count). The van der Waals surface area contributed by atoms with Gasteiger partial charge in [-0.05, 0) is 42.3 Å². The van der Waals surface area contributed by atoms with Crippen molar-refractivity contribution in [3.8, 4) is 5.75 Å². The Morgan fingerprint density at radius 2 is 1.79 bits per heavy atom. The number of anilines is 1. The average Bonchev–Trinajstić information content (AvgIpc) is 2.57.